The molecule has 1 aromatic heterocycles. The first-order valence-electron chi connectivity index (χ1n) is 9.18. The van der Waals surface area contributed by atoms with Crippen LogP contribution in [0.1, 0.15) is 21.7 Å². The third kappa shape index (κ3) is 4.06. The van der Waals surface area contributed by atoms with Gasteiger partial charge in [-0.15, -0.1) is 5.10 Å². The van der Waals surface area contributed by atoms with E-state index in [1.165, 1.54) is 18.2 Å². The molecular formula is C23H19FN4O. The summed E-state index contributed by atoms with van der Waals surface area (Å²) in [4.78, 5) is 17.2. The van der Waals surface area contributed by atoms with Crippen LogP contribution < -0.4 is 5.32 Å². The summed E-state index contributed by atoms with van der Waals surface area (Å²) in [5, 5.41) is 7.07. The maximum absolute atomic E-state index is 13.4. The Balaban J connectivity index is 1.75. The maximum Gasteiger partial charge on any atom is 0.295 e. The number of carbonyl (C=O) groups excluding carboxylic acids is 1. The van der Waals surface area contributed by atoms with Crippen molar-refractivity contribution in [3.05, 3.63) is 95.6 Å². The fourth-order valence-electron chi connectivity index (χ4n) is 2.92. The molecule has 0 aliphatic heterocycles. The van der Waals surface area contributed by atoms with Crippen LogP contribution in [0.4, 0.5) is 10.1 Å². The van der Waals surface area contributed by atoms with Crippen molar-refractivity contribution in [3.8, 4) is 17.1 Å². The van der Waals surface area contributed by atoms with Crippen LogP contribution in [-0.4, -0.2) is 20.7 Å². The van der Waals surface area contributed by atoms with Crippen LogP contribution in [0, 0.1) is 19.7 Å². The Kier molecular flexibility index (Phi) is 4.91. The molecule has 4 rings (SSSR count). The van der Waals surface area contributed by atoms with Crippen LogP contribution >= 0.6 is 0 Å². The molecule has 6 heteroatoms. The van der Waals surface area contributed by atoms with Crippen LogP contribution in [0.25, 0.3) is 17.1 Å². The summed E-state index contributed by atoms with van der Waals surface area (Å²) < 4.78 is 15.1. The van der Waals surface area contributed by atoms with Gasteiger partial charge in [-0.05, 0) is 44.2 Å². The zero-order valence-corrected chi connectivity index (χ0v) is 16.1. The highest BCUT2D eigenvalue weighted by atomic mass is 19.1. The summed E-state index contributed by atoms with van der Waals surface area (Å²) in [6, 6.07) is 21.4. The van der Waals surface area contributed by atoms with Gasteiger partial charge in [0.2, 0.25) is 5.82 Å². The van der Waals surface area contributed by atoms with Gasteiger partial charge in [0.1, 0.15) is 5.82 Å². The number of nitrogens with zero attached hydrogens (tertiary/aromatic N) is 3. The Morgan fingerprint density at radius 2 is 1.59 bits per heavy atom. The van der Waals surface area contributed by atoms with Gasteiger partial charge in [0.15, 0.2) is 5.82 Å². The topological polar surface area (TPSA) is 59.8 Å². The number of halogens is 1. The third-order valence-electron chi connectivity index (χ3n) is 4.48. The molecule has 5 nitrogen and oxygen atoms in total. The highest BCUT2D eigenvalue weighted by molar-refractivity contribution is 6.01. The Morgan fingerprint density at radius 3 is 2.24 bits per heavy atom. The van der Waals surface area contributed by atoms with E-state index in [1.807, 2.05) is 62.4 Å². The van der Waals surface area contributed by atoms with E-state index in [-0.39, 0.29) is 5.82 Å². The van der Waals surface area contributed by atoms with E-state index >= 15 is 0 Å². The number of carbonyl (C=O) groups is 1. The van der Waals surface area contributed by atoms with E-state index < -0.39 is 11.7 Å². The zero-order valence-electron chi connectivity index (χ0n) is 16.1. The summed E-state index contributed by atoms with van der Waals surface area (Å²) in [6.45, 7) is 4.01. The molecular weight excluding hydrogens is 367 g/mol. The van der Waals surface area contributed by atoms with Gasteiger partial charge in [-0.3, -0.25) is 4.79 Å². The number of anilines is 1. The second-order valence-corrected chi connectivity index (χ2v) is 6.84. The third-order valence-corrected chi connectivity index (χ3v) is 4.48. The molecule has 1 N–H and O–H groups in total. The molecule has 0 saturated carbocycles. The minimum absolute atomic E-state index is 0.00501. The van der Waals surface area contributed by atoms with E-state index in [4.69, 9.17) is 0 Å². The lowest BCUT2D eigenvalue weighted by Crippen LogP contribution is -2.14. The van der Waals surface area contributed by atoms with Gasteiger partial charge in [-0.1, -0.05) is 53.6 Å². The van der Waals surface area contributed by atoms with Gasteiger partial charge in [0, 0.05) is 11.3 Å². The van der Waals surface area contributed by atoms with Crippen molar-refractivity contribution in [1.29, 1.82) is 0 Å². The number of hydrogen-bond donors (Lipinski definition) is 1. The average Bonchev–Trinajstić information content (AvgIpc) is 3.15. The number of rotatable bonds is 4. The molecule has 1 amide bonds. The van der Waals surface area contributed by atoms with Gasteiger partial charge in [0.05, 0.1) is 5.69 Å². The molecule has 0 atom stereocenters. The first kappa shape index (κ1) is 18.6. The van der Waals surface area contributed by atoms with Crippen molar-refractivity contribution >= 4 is 11.6 Å². The van der Waals surface area contributed by atoms with Crippen LogP contribution in [0.15, 0.2) is 72.8 Å². The normalized spacial score (nSPS) is 10.7. The first-order valence-corrected chi connectivity index (χ1v) is 9.18. The molecule has 0 spiro atoms. The molecule has 0 bridgehead atoms. The zero-order chi connectivity index (χ0) is 20.4. The van der Waals surface area contributed by atoms with Gasteiger partial charge in [-0.25, -0.2) is 14.1 Å². The second kappa shape index (κ2) is 7.67. The molecule has 4 aromatic rings. The number of amides is 1. The number of nitrogens with one attached hydrogen (secondary N) is 1. The number of aromatic nitrogens is 3. The van der Waals surface area contributed by atoms with Crippen molar-refractivity contribution in [2.45, 2.75) is 13.8 Å². The van der Waals surface area contributed by atoms with Gasteiger partial charge >= 0.3 is 0 Å². The maximum atomic E-state index is 13.4. The molecule has 0 radical (unpaired) electrons. The standard InChI is InChI=1S/C23H19FN4O/c1-15-6-10-17(11-7-15)22-26-21(23(29)25-19-5-3-4-18(24)14-19)27-28(22)20-12-8-16(2)9-13-20/h3-14H,1-2H3,(H,25,29). The second-order valence-electron chi connectivity index (χ2n) is 6.84. The molecule has 0 unspecified atom stereocenters. The quantitative estimate of drug-likeness (QED) is 0.540. The summed E-state index contributed by atoms with van der Waals surface area (Å²) >= 11 is 0. The van der Waals surface area contributed by atoms with Gasteiger partial charge < -0.3 is 5.32 Å². The predicted molar refractivity (Wildman–Crippen MR) is 111 cm³/mol. The van der Waals surface area contributed by atoms with E-state index in [9.17, 15) is 9.18 Å². The Morgan fingerprint density at radius 1 is 0.931 bits per heavy atom. The average molecular weight is 386 g/mol. The lowest BCUT2D eigenvalue weighted by Gasteiger charge is -2.06. The molecule has 0 aliphatic rings. The van der Waals surface area contributed by atoms with Gasteiger partial charge in [0.25, 0.3) is 5.91 Å². The molecule has 0 aliphatic carbocycles. The van der Waals surface area contributed by atoms with Crippen molar-refractivity contribution < 1.29 is 9.18 Å². The van der Waals surface area contributed by atoms with Crippen LogP contribution in [0.3, 0.4) is 0 Å². The minimum Gasteiger partial charge on any atom is -0.319 e. The molecule has 1 heterocycles. The molecule has 144 valence electrons. The summed E-state index contributed by atoms with van der Waals surface area (Å²) in [5.41, 5.74) is 4.23. The monoisotopic (exact) mass is 386 g/mol. The van der Waals surface area contributed by atoms with Crippen LogP contribution in [0.2, 0.25) is 0 Å². The van der Waals surface area contributed by atoms with Crippen LogP contribution in [0.5, 0.6) is 0 Å². The van der Waals surface area contributed by atoms with Crippen molar-refractivity contribution in [2.24, 2.45) is 0 Å². The largest absolute Gasteiger partial charge is 0.319 e. The van der Waals surface area contributed by atoms with E-state index in [0.29, 0.717) is 11.5 Å². The SMILES string of the molecule is Cc1ccc(-c2nc(C(=O)Nc3cccc(F)c3)nn2-c2ccc(C)cc2)cc1. The summed E-state index contributed by atoms with van der Waals surface area (Å²) in [7, 11) is 0. The number of aryl methyl sites for hydroxylation is 2. The minimum atomic E-state index is -0.505. The van der Waals surface area contributed by atoms with Crippen molar-refractivity contribution in [1.82, 2.24) is 14.8 Å². The summed E-state index contributed by atoms with van der Waals surface area (Å²) in [6.07, 6.45) is 0. The van der Waals surface area contributed by atoms with Crippen molar-refractivity contribution in [2.75, 3.05) is 5.32 Å². The number of hydrogen-bond acceptors (Lipinski definition) is 3. The van der Waals surface area contributed by atoms with Crippen LogP contribution in [-0.2, 0) is 0 Å². The molecule has 29 heavy (non-hydrogen) atoms. The van der Waals surface area contributed by atoms with Crippen molar-refractivity contribution in [3.63, 3.8) is 0 Å². The Hall–Kier alpha value is -3.80. The predicted octanol–water partition coefficient (Wildman–Crippen LogP) is 4.94. The van der Waals surface area contributed by atoms with E-state index in [0.717, 1.165) is 22.4 Å². The molecule has 0 fully saturated rings. The first-order chi connectivity index (χ1) is 14.0. The lowest BCUT2D eigenvalue weighted by atomic mass is 10.1. The molecule has 0 saturated heterocycles. The Labute approximate surface area is 167 Å². The number of benzene rings is 3. The fourth-order valence-corrected chi connectivity index (χ4v) is 2.92. The highest BCUT2D eigenvalue weighted by Gasteiger charge is 2.19. The van der Waals surface area contributed by atoms with E-state index in [2.05, 4.69) is 15.4 Å². The lowest BCUT2D eigenvalue weighted by molar-refractivity contribution is 0.101. The van der Waals surface area contributed by atoms with Gasteiger partial charge in [-0.2, -0.15) is 0 Å². The molecule has 3 aromatic carbocycles. The smallest absolute Gasteiger partial charge is 0.295 e. The fraction of sp³-hybridized carbons (Fsp3) is 0.0870. The highest BCUT2D eigenvalue weighted by Crippen LogP contribution is 2.22. The van der Waals surface area contributed by atoms with E-state index in [1.54, 1.807) is 10.7 Å². The Bertz CT molecular complexity index is 1100. The summed E-state index contributed by atoms with van der Waals surface area (Å²) in [5.74, 6) is -0.375.